The van der Waals surface area contributed by atoms with Gasteiger partial charge in [-0.05, 0) is 23.6 Å². The first-order valence-corrected chi connectivity index (χ1v) is 8.83. The van der Waals surface area contributed by atoms with E-state index in [0.29, 0.717) is 24.7 Å². The molecule has 1 aliphatic heterocycles. The van der Waals surface area contributed by atoms with Crippen LogP contribution in [0.4, 0.5) is 5.69 Å². The number of fused-ring (bicyclic) bond motifs is 1. The summed E-state index contributed by atoms with van der Waals surface area (Å²) in [6.45, 7) is 1.00. The molecule has 25 heavy (non-hydrogen) atoms. The number of rotatable bonds is 4. The number of carbonyl (C=O) groups is 1. The fourth-order valence-corrected chi connectivity index (χ4v) is 3.50. The van der Waals surface area contributed by atoms with Gasteiger partial charge in [-0.15, -0.1) is 11.3 Å². The standard InChI is InChI=1S/C18H17N3O3S/c1-19-17(22)15-10-21(13-5-2-3-6-14(13)24-15)9-12-11-23-18(20-12)16-7-4-8-25-16/h2-8,11,15H,9-10H2,1H3,(H,19,22)/t15-/m1/s1. The quantitative estimate of drug-likeness (QED) is 0.779. The Morgan fingerprint density at radius 3 is 3.04 bits per heavy atom. The molecule has 7 heteroatoms. The monoisotopic (exact) mass is 355 g/mol. The molecule has 0 fully saturated rings. The smallest absolute Gasteiger partial charge is 0.262 e. The van der Waals surface area contributed by atoms with Crippen LogP contribution in [0.1, 0.15) is 5.69 Å². The van der Waals surface area contributed by atoms with E-state index in [9.17, 15) is 4.79 Å². The van der Waals surface area contributed by atoms with E-state index in [0.717, 1.165) is 16.3 Å². The van der Waals surface area contributed by atoms with E-state index in [4.69, 9.17) is 9.15 Å². The summed E-state index contributed by atoms with van der Waals surface area (Å²) in [5, 5.41) is 4.64. The summed E-state index contributed by atoms with van der Waals surface area (Å²) in [5.74, 6) is 1.18. The Labute approximate surface area is 149 Å². The number of thiophene rings is 1. The third-order valence-electron chi connectivity index (χ3n) is 4.04. The SMILES string of the molecule is CNC(=O)[C@H]1CN(Cc2coc(-c3cccs3)n2)c2ccccc2O1. The maximum absolute atomic E-state index is 12.0. The number of nitrogens with one attached hydrogen (secondary N) is 1. The molecule has 3 aromatic rings. The van der Waals surface area contributed by atoms with Crippen molar-refractivity contribution in [3.05, 3.63) is 53.7 Å². The Morgan fingerprint density at radius 1 is 1.36 bits per heavy atom. The molecule has 6 nitrogen and oxygen atoms in total. The van der Waals surface area contributed by atoms with Crippen LogP contribution in [0, 0.1) is 0 Å². The molecule has 1 N–H and O–H groups in total. The fourth-order valence-electron chi connectivity index (χ4n) is 2.84. The largest absolute Gasteiger partial charge is 0.477 e. The maximum atomic E-state index is 12.0. The predicted octanol–water partition coefficient (Wildman–Crippen LogP) is 2.92. The van der Waals surface area contributed by atoms with E-state index in [1.165, 1.54) is 0 Å². The van der Waals surface area contributed by atoms with E-state index in [1.54, 1.807) is 24.6 Å². The Hall–Kier alpha value is -2.80. The van der Waals surface area contributed by atoms with Gasteiger partial charge < -0.3 is 19.4 Å². The highest BCUT2D eigenvalue weighted by Gasteiger charge is 2.30. The van der Waals surface area contributed by atoms with E-state index < -0.39 is 6.10 Å². The lowest BCUT2D eigenvalue weighted by molar-refractivity contribution is -0.127. The van der Waals surface area contributed by atoms with Crippen molar-refractivity contribution in [3.8, 4) is 16.5 Å². The molecule has 3 heterocycles. The zero-order valence-electron chi connectivity index (χ0n) is 13.6. The highest BCUT2D eigenvalue weighted by atomic mass is 32.1. The van der Waals surface area contributed by atoms with Gasteiger partial charge in [-0.2, -0.15) is 0 Å². The molecule has 1 amide bonds. The first kappa shape index (κ1) is 15.7. The van der Waals surface area contributed by atoms with Gasteiger partial charge in [0, 0.05) is 7.05 Å². The fraction of sp³-hybridized carbons (Fsp3) is 0.222. The van der Waals surface area contributed by atoms with Crippen molar-refractivity contribution < 1.29 is 13.9 Å². The third kappa shape index (κ3) is 3.10. The minimum absolute atomic E-state index is 0.140. The summed E-state index contributed by atoms with van der Waals surface area (Å²) >= 11 is 1.59. The molecule has 4 rings (SSSR count). The number of hydrogen-bond acceptors (Lipinski definition) is 6. The van der Waals surface area contributed by atoms with Crippen LogP contribution < -0.4 is 15.0 Å². The minimum atomic E-state index is -0.552. The maximum Gasteiger partial charge on any atom is 0.262 e. The molecule has 0 unspecified atom stereocenters. The van der Waals surface area contributed by atoms with Crippen molar-refractivity contribution in [2.75, 3.05) is 18.5 Å². The zero-order chi connectivity index (χ0) is 17.2. The van der Waals surface area contributed by atoms with Gasteiger partial charge in [0.15, 0.2) is 6.10 Å². The van der Waals surface area contributed by atoms with Crippen molar-refractivity contribution in [1.29, 1.82) is 0 Å². The second-order valence-electron chi connectivity index (χ2n) is 5.69. The molecule has 1 aliphatic rings. The van der Waals surface area contributed by atoms with Gasteiger partial charge in [0.1, 0.15) is 12.0 Å². The molecule has 0 aliphatic carbocycles. The molecule has 0 bridgehead atoms. The van der Waals surface area contributed by atoms with Gasteiger partial charge in [0.05, 0.1) is 29.3 Å². The number of amides is 1. The summed E-state index contributed by atoms with van der Waals surface area (Å²) in [5.41, 5.74) is 1.76. The number of aromatic nitrogens is 1. The number of likely N-dealkylation sites (N-methyl/N-ethyl adjacent to an activating group) is 1. The summed E-state index contributed by atoms with van der Waals surface area (Å²) in [7, 11) is 1.61. The Morgan fingerprint density at radius 2 is 2.24 bits per heavy atom. The van der Waals surface area contributed by atoms with Crippen molar-refractivity contribution >= 4 is 22.9 Å². The number of anilines is 1. The second kappa shape index (κ2) is 6.60. The third-order valence-corrected chi connectivity index (χ3v) is 4.89. The highest BCUT2D eigenvalue weighted by molar-refractivity contribution is 7.13. The molecule has 0 saturated carbocycles. The summed E-state index contributed by atoms with van der Waals surface area (Å²) in [6, 6.07) is 11.7. The molecule has 1 aromatic carbocycles. The number of hydrogen-bond donors (Lipinski definition) is 1. The van der Waals surface area contributed by atoms with Gasteiger partial charge in [0.25, 0.3) is 5.91 Å². The molecular formula is C18H17N3O3S. The van der Waals surface area contributed by atoms with E-state index in [2.05, 4.69) is 15.2 Å². The molecule has 1 atom stereocenters. The van der Waals surface area contributed by atoms with Crippen molar-refractivity contribution in [2.24, 2.45) is 0 Å². The lowest BCUT2D eigenvalue weighted by Gasteiger charge is -2.34. The molecular weight excluding hydrogens is 338 g/mol. The topological polar surface area (TPSA) is 67.6 Å². The average Bonchev–Trinajstić information content (AvgIpc) is 3.32. The highest BCUT2D eigenvalue weighted by Crippen LogP contribution is 2.34. The Bertz CT molecular complexity index is 875. The van der Waals surface area contributed by atoms with Crippen molar-refractivity contribution in [2.45, 2.75) is 12.6 Å². The first-order valence-electron chi connectivity index (χ1n) is 7.95. The van der Waals surface area contributed by atoms with E-state index in [1.807, 2.05) is 41.8 Å². The van der Waals surface area contributed by atoms with Crippen LogP contribution in [-0.4, -0.2) is 30.6 Å². The van der Waals surface area contributed by atoms with Crippen molar-refractivity contribution in [3.63, 3.8) is 0 Å². The predicted molar refractivity (Wildman–Crippen MR) is 95.8 cm³/mol. The molecule has 128 valence electrons. The lowest BCUT2D eigenvalue weighted by Crippen LogP contribution is -2.47. The Kier molecular flexibility index (Phi) is 4.15. The van der Waals surface area contributed by atoms with Crippen LogP contribution in [0.25, 0.3) is 10.8 Å². The van der Waals surface area contributed by atoms with Crippen LogP contribution >= 0.6 is 11.3 Å². The van der Waals surface area contributed by atoms with Crippen LogP contribution in [0.15, 0.2) is 52.5 Å². The van der Waals surface area contributed by atoms with E-state index >= 15 is 0 Å². The zero-order valence-corrected chi connectivity index (χ0v) is 14.5. The molecule has 0 saturated heterocycles. The van der Waals surface area contributed by atoms with Gasteiger partial charge in [-0.3, -0.25) is 4.79 Å². The summed E-state index contributed by atoms with van der Waals surface area (Å²) in [6.07, 6.45) is 1.12. The average molecular weight is 355 g/mol. The van der Waals surface area contributed by atoms with E-state index in [-0.39, 0.29) is 5.91 Å². The molecule has 2 aromatic heterocycles. The number of para-hydroxylation sites is 2. The minimum Gasteiger partial charge on any atom is -0.477 e. The normalized spacial score (nSPS) is 16.2. The lowest BCUT2D eigenvalue weighted by atomic mass is 10.1. The second-order valence-corrected chi connectivity index (χ2v) is 6.64. The summed E-state index contributed by atoms with van der Waals surface area (Å²) in [4.78, 5) is 19.7. The number of carbonyl (C=O) groups excluding carboxylic acids is 1. The van der Waals surface area contributed by atoms with Crippen LogP contribution in [0.2, 0.25) is 0 Å². The van der Waals surface area contributed by atoms with Crippen LogP contribution in [-0.2, 0) is 11.3 Å². The number of ether oxygens (including phenoxy) is 1. The van der Waals surface area contributed by atoms with Gasteiger partial charge >= 0.3 is 0 Å². The van der Waals surface area contributed by atoms with Crippen molar-refractivity contribution in [1.82, 2.24) is 10.3 Å². The van der Waals surface area contributed by atoms with Gasteiger partial charge in [-0.25, -0.2) is 4.98 Å². The van der Waals surface area contributed by atoms with Crippen LogP contribution in [0.3, 0.4) is 0 Å². The number of nitrogens with zero attached hydrogens (tertiary/aromatic N) is 2. The van der Waals surface area contributed by atoms with Crippen LogP contribution in [0.5, 0.6) is 5.75 Å². The van der Waals surface area contributed by atoms with Gasteiger partial charge in [0.2, 0.25) is 5.89 Å². The van der Waals surface area contributed by atoms with Gasteiger partial charge in [-0.1, -0.05) is 18.2 Å². The summed E-state index contributed by atoms with van der Waals surface area (Å²) < 4.78 is 11.4. The molecule has 0 radical (unpaired) electrons. The molecule has 0 spiro atoms. The first-order chi connectivity index (χ1) is 12.2. The number of oxazole rings is 1. The number of benzene rings is 1. The Balaban J connectivity index is 1.59.